The molecule has 1 aliphatic rings. The van der Waals surface area contributed by atoms with Crippen LogP contribution in [0.4, 0.5) is 5.69 Å². The molecular weight excluding hydrogens is 338 g/mol. The number of hydrogen-bond donors (Lipinski definition) is 2. The Labute approximate surface area is 113 Å². The first-order chi connectivity index (χ1) is 7.65. The fourth-order valence-electron chi connectivity index (χ4n) is 1.70. The molecule has 16 heavy (non-hydrogen) atoms. The maximum Gasteiger partial charge on any atom is 0.220 e. The molecule has 1 unspecified atom stereocenters. The molecule has 0 aliphatic carbocycles. The molecule has 1 aliphatic heterocycles. The number of halogens is 2. The number of rotatable bonds is 3. The number of carbonyl (C=O) groups is 1. The van der Waals surface area contributed by atoms with Gasteiger partial charge in [-0.25, -0.2) is 0 Å². The third-order valence-corrected chi connectivity index (χ3v) is 3.68. The van der Waals surface area contributed by atoms with Gasteiger partial charge in [-0.1, -0.05) is 11.6 Å². The zero-order chi connectivity index (χ0) is 11.5. The van der Waals surface area contributed by atoms with E-state index in [0.717, 1.165) is 27.2 Å². The smallest absolute Gasteiger partial charge is 0.220 e. The van der Waals surface area contributed by atoms with E-state index in [9.17, 15) is 4.79 Å². The lowest BCUT2D eigenvalue weighted by atomic mass is 10.2. The third kappa shape index (κ3) is 3.01. The first-order valence-electron chi connectivity index (χ1n) is 5.13. The Bertz CT molecular complexity index is 411. The molecule has 2 N–H and O–H groups in total. The summed E-state index contributed by atoms with van der Waals surface area (Å²) in [4.78, 5) is 11.0. The lowest BCUT2D eigenvalue weighted by molar-refractivity contribution is -0.119. The zero-order valence-corrected chi connectivity index (χ0v) is 11.5. The van der Waals surface area contributed by atoms with Crippen molar-refractivity contribution in [3.05, 3.63) is 26.8 Å². The molecule has 1 atom stereocenters. The first kappa shape index (κ1) is 12.0. The topological polar surface area (TPSA) is 41.1 Å². The van der Waals surface area contributed by atoms with Gasteiger partial charge in [0.15, 0.2) is 0 Å². The van der Waals surface area contributed by atoms with Crippen molar-refractivity contribution in [2.75, 3.05) is 11.9 Å². The van der Waals surface area contributed by atoms with Crippen LogP contribution in [0.1, 0.15) is 12.8 Å². The van der Waals surface area contributed by atoms with Gasteiger partial charge in [-0.2, -0.15) is 0 Å². The molecule has 5 heteroatoms. The number of amides is 1. The predicted octanol–water partition coefficient (Wildman–Crippen LogP) is 2.64. The molecule has 1 aromatic carbocycles. The Balaban J connectivity index is 1.92. The molecule has 0 aromatic heterocycles. The summed E-state index contributed by atoms with van der Waals surface area (Å²) in [6.07, 6.45) is 1.56. The Morgan fingerprint density at radius 1 is 1.56 bits per heavy atom. The normalized spacial score (nSPS) is 19.6. The molecule has 2 rings (SSSR count). The van der Waals surface area contributed by atoms with Gasteiger partial charge in [0.1, 0.15) is 0 Å². The van der Waals surface area contributed by atoms with Gasteiger partial charge in [-0.15, -0.1) is 0 Å². The minimum atomic E-state index is 0.151. The van der Waals surface area contributed by atoms with Crippen LogP contribution in [0.2, 0.25) is 5.02 Å². The van der Waals surface area contributed by atoms with Crippen LogP contribution in [-0.2, 0) is 4.79 Å². The number of benzene rings is 1. The number of nitrogens with one attached hydrogen (secondary N) is 2. The van der Waals surface area contributed by atoms with Gasteiger partial charge in [0.2, 0.25) is 5.91 Å². The average molecular weight is 351 g/mol. The second kappa shape index (κ2) is 5.23. The maximum atomic E-state index is 11.0. The van der Waals surface area contributed by atoms with Crippen LogP contribution >= 0.6 is 34.2 Å². The summed E-state index contributed by atoms with van der Waals surface area (Å²) >= 11 is 8.12. The summed E-state index contributed by atoms with van der Waals surface area (Å²) in [5, 5.41) is 6.99. The van der Waals surface area contributed by atoms with Crippen LogP contribution in [0.5, 0.6) is 0 Å². The highest BCUT2D eigenvalue weighted by molar-refractivity contribution is 14.1. The molecule has 0 bridgehead atoms. The molecule has 3 nitrogen and oxygen atoms in total. The van der Waals surface area contributed by atoms with E-state index in [4.69, 9.17) is 11.6 Å². The van der Waals surface area contributed by atoms with Gasteiger partial charge in [0.25, 0.3) is 0 Å². The molecule has 1 aromatic rings. The third-order valence-electron chi connectivity index (χ3n) is 2.56. The van der Waals surface area contributed by atoms with Crippen LogP contribution in [0.25, 0.3) is 0 Å². The molecular formula is C11H12ClIN2O. The molecule has 0 radical (unpaired) electrons. The lowest BCUT2D eigenvalue weighted by Crippen LogP contribution is -2.31. The zero-order valence-electron chi connectivity index (χ0n) is 8.59. The molecule has 1 heterocycles. The Kier molecular flexibility index (Phi) is 3.91. The van der Waals surface area contributed by atoms with E-state index < -0.39 is 0 Å². The second-order valence-electron chi connectivity index (χ2n) is 3.81. The summed E-state index contributed by atoms with van der Waals surface area (Å²) in [5.41, 5.74) is 1.06. The van der Waals surface area contributed by atoms with Crippen LogP contribution in [0, 0.1) is 3.57 Å². The standard InChI is InChI=1S/C11H12ClIN2O/c12-7-1-3-10(9(13)5-7)14-6-8-2-4-11(16)15-8/h1,3,5,8,14H,2,4,6H2,(H,15,16). The number of hydrogen-bond acceptors (Lipinski definition) is 2. The highest BCUT2D eigenvalue weighted by Crippen LogP contribution is 2.22. The summed E-state index contributed by atoms with van der Waals surface area (Å²) in [5.74, 6) is 0.151. The molecule has 86 valence electrons. The fourth-order valence-corrected chi connectivity index (χ4v) is 2.76. The van der Waals surface area contributed by atoms with E-state index in [0.29, 0.717) is 6.42 Å². The van der Waals surface area contributed by atoms with E-state index in [1.165, 1.54) is 0 Å². The second-order valence-corrected chi connectivity index (χ2v) is 5.41. The Morgan fingerprint density at radius 3 is 3.00 bits per heavy atom. The van der Waals surface area contributed by atoms with Gasteiger partial charge in [0.05, 0.1) is 0 Å². The van der Waals surface area contributed by atoms with Gasteiger partial charge in [-0.3, -0.25) is 4.79 Å². The van der Waals surface area contributed by atoms with Crippen LogP contribution in [0.3, 0.4) is 0 Å². The minimum absolute atomic E-state index is 0.151. The number of anilines is 1. The number of carbonyl (C=O) groups excluding carboxylic acids is 1. The lowest BCUT2D eigenvalue weighted by Gasteiger charge is -2.13. The first-order valence-corrected chi connectivity index (χ1v) is 6.59. The van der Waals surface area contributed by atoms with E-state index in [1.54, 1.807) is 0 Å². The highest BCUT2D eigenvalue weighted by Gasteiger charge is 2.20. The Morgan fingerprint density at radius 2 is 2.38 bits per heavy atom. The summed E-state index contributed by atoms with van der Waals surface area (Å²) in [6, 6.07) is 5.98. The van der Waals surface area contributed by atoms with Crippen molar-refractivity contribution in [3.63, 3.8) is 0 Å². The molecule has 1 saturated heterocycles. The van der Waals surface area contributed by atoms with E-state index >= 15 is 0 Å². The van der Waals surface area contributed by atoms with E-state index in [-0.39, 0.29) is 11.9 Å². The summed E-state index contributed by atoms with van der Waals surface area (Å²) in [7, 11) is 0. The quantitative estimate of drug-likeness (QED) is 0.823. The fraction of sp³-hybridized carbons (Fsp3) is 0.364. The highest BCUT2D eigenvalue weighted by atomic mass is 127. The van der Waals surface area contributed by atoms with Gasteiger partial charge in [-0.05, 0) is 47.2 Å². The molecule has 0 saturated carbocycles. The van der Waals surface area contributed by atoms with Crippen molar-refractivity contribution < 1.29 is 4.79 Å². The molecule has 1 amide bonds. The van der Waals surface area contributed by atoms with Crippen molar-refractivity contribution >= 4 is 45.8 Å². The van der Waals surface area contributed by atoms with Gasteiger partial charge < -0.3 is 10.6 Å². The van der Waals surface area contributed by atoms with Gasteiger partial charge in [0, 0.05) is 33.3 Å². The monoisotopic (exact) mass is 350 g/mol. The molecule has 0 spiro atoms. The van der Waals surface area contributed by atoms with Crippen LogP contribution in [0.15, 0.2) is 18.2 Å². The predicted molar refractivity (Wildman–Crippen MR) is 73.8 cm³/mol. The average Bonchev–Trinajstić information content (AvgIpc) is 2.63. The van der Waals surface area contributed by atoms with Crippen LogP contribution in [-0.4, -0.2) is 18.5 Å². The van der Waals surface area contributed by atoms with Crippen molar-refractivity contribution in [3.8, 4) is 0 Å². The summed E-state index contributed by atoms with van der Waals surface area (Å²) in [6.45, 7) is 0.767. The largest absolute Gasteiger partial charge is 0.382 e. The maximum absolute atomic E-state index is 11.0. The van der Waals surface area contributed by atoms with Gasteiger partial charge >= 0.3 is 0 Å². The molecule has 1 fully saturated rings. The van der Waals surface area contributed by atoms with Crippen LogP contribution < -0.4 is 10.6 Å². The minimum Gasteiger partial charge on any atom is -0.382 e. The van der Waals surface area contributed by atoms with Crippen molar-refractivity contribution in [2.24, 2.45) is 0 Å². The van der Waals surface area contributed by atoms with Crippen molar-refractivity contribution in [1.29, 1.82) is 0 Å². The van der Waals surface area contributed by atoms with E-state index in [2.05, 4.69) is 33.2 Å². The summed E-state index contributed by atoms with van der Waals surface area (Å²) < 4.78 is 1.09. The Hall–Kier alpha value is -0.490. The van der Waals surface area contributed by atoms with E-state index in [1.807, 2.05) is 18.2 Å². The van der Waals surface area contributed by atoms with Crippen molar-refractivity contribution in [1.82, 2.24) is 5.32 Å². The SMILES string of the molecule is O=C1CCC(CNc2ccc(Cl)cc2I)N1. The van der Waals surface area contributed by atoms with Crippen molar-refractivity contribution in [2.45, 2.75) is 18.9 Å².